The zero-order valence-electron chi connectivity index (χ0n) is 14.5. The normalized spacial score (nSPS) is 39.4. The molecule has 1 aromatic rings. The van der Waals surface area contributed by atoms with E-state index in [1.807, 2.05) is 0 Å². The summed E-state index contributed by atoms with van der Waals surface area (Å²) < 4.78 is 0. The van der Waals surface area contributed by atoms with Crippen LogP contribution in [-0.2, 0) is 0 Å². The van der Waals surface area contributed by atoms with Crippen molar-refractivity contribution in [3.05, 3.63) is 41.7 Å². The van der Waals surface area contributed by atoms with Gasteiger partial charge < -0.3 is 0 Å². The Labute approximate surface area is 139 Å². The fourth-order valence-electron chi connectivity index (χ4n) is 4.18. The van der Waals surface area contributed by atoms with E-state index in [2.05, 4.69) is 63.8 Å². The molecule has 3 rings (SSSR count). The molecule has 0 aromatic heterocycles. The fraction of sp³-hybridized carbons (Fsp3) is 0.600. The maximum Gasteiger partial charge on any atom is -0.0158 e. The lowest BCUT2D eigenvalue weighted by Crippen LogP contribution is -2.01. The van der Waals surface area contributed by atoms with Gasteiger partial charge in [-0.1, -0.05) is 79.7 Å². The van der Waals surface area contributed by atoms with Crippen molar-refractivity contribution in [2.75, 3.05) is 0 Å². The highest BCUT2D eigenvalue weighted by Gasteiger charge is 2.35. The molecule has 0 amide bonds. The molecule has 2 aliphatic heterocycles. The van der Waals surface area contributed by atoms with Crippen LogP contribution in [0.25, 0.3) is 5.31 Å². The molecule has 2 heterocycles. The molecule has 4 unspecified atom stereocenters. The van der Waals surface area contributed by atoms with Crippen molar-refractivity contribution in [2.24, 2.45) is 0 Å². The van der Waals surface area contributed by atoms with Gasteiger partial charge in [0.05, 0.1) is 0 Å². The lowest BCUT2D eigenvalue weighted by Gasteiger charge is -2.28. The van der Waals surface area contributed by atoms with Crippen molar-refractivity contribution in [1.29, 1.82) is 0 Å². The summed E-state index contributed by atoms with van der Waals surface area (Å²) in [6.07, 6.45) is 5.74. The van der Waals surface area contributed by atoms with Gasteiger partial charge in [-0.05, 0) is 59.2 Å². The van der Waals surface area contributed by atoms with Crippen molar-refractivity contribution < 1.29 is 0 Å². The third-order valence-corrected chi connectivity index (χ3v) is 12.3. The van der Waals surface area contributed by atoms with Gasteiger partial charge >= 0.3 is 0 Å². The van der Waals surface area contributed by atoms with Crippen LogP contribution in [-0.4, -0.2) is 22.6 Å². The van der Waals surface area contributed by atoms with Crippen LogP contribution >= 0.6 is 15.8 Å². The van der Waals surface area contributed by atoms with Crippen LogP contribution in [0.2, 0.25) is 0 Å². The molecule has 4 atom stereocenters. The molecular formula is C20H30P2. The predicted molar refractivity (Wildman–Crippen MR) is 105 cm³/mol. The van der Waals surface area contributed by atoms with E-state index in [4.69, 9.17) is 0 Å². The van der Waals surface area contributed by atoms with Gasteiger partial charge in [-0.15, -0.1) is 0 Å². The summed E-state index contributed by atoms with van der Waals surface area (Å²) in [5.41, 5.74) is 5.17. The third kappa shape index (κ3) is 3.34. The lowest BCUT2D eigenvalue weighted by molar-refractivity contribution is 0.777. The molecule has 2 saturated heterocycles. The monoisotopic (exact) mass is 332 g/mol. The lowest BCUT2D eigenvalue weighted by atomic mass is 10.2. The number of benzene rings is 1. The Kier molecular flexibility index (Phi) is 5.42. The Balaban J connectivity index is 2.00. The minimum absolute atomic E-state index is 0.0158. The van der Waals surface area contributed by atoms with Gasteiger partial charge in [-0.3, -0.25) is 0 Å². The Morgan fingerprint density at radius 1 is 0.818 bits per heavy atom. The van der Waals surface area contributed by atoms with Gasteiger partial charge in [0.15, 0.2) is 0 Å². The summed E-state index contributed by atoms with van der Waals surface area (Å²) in [5.74, 6) is 2.79. The first-order valence-electron chi connectivity index (χ1n) is 8.91. The van der Waals surface area contributed by atoms with Crippen molar-refractivity contribution >= 4 is 21.2 Å². The van der Waals surface area contributed by atoms with Gasteiger partial charge in [0, 0.05) is 0 Å². The Morgan fingerprint density at radius 3 is 1.86 bits per heavy atom. The molecular weight excluding hydrogens is 302 g/mol. The molecule has 2 fully saturated rings. The van der Waals surface area contributed by atoms with Crippen LogP contribution in [0, 0.1) is 0 Å². The smallest absolute Gasteiger partial charge is 0.0158 e. The van der Waals surface area contributed by atoms with Gasteiger partial charge in [-0.25, -0.2) is 0 Å². The Hall–Kier alpha value is -0.180. The van der Waals surface area contributed by atoms with E-state index in [-0.39, 0.29) is 15.8 Å². The summed E-state index contributed by atoms with van der Waals surface area (Å²) >= 11 is 0. The number of hydrogen-bond donors (Lipinski definition) is 0. The van der Waals surface area contributed by atoms with E-state index >= 15 is 0 Å². The molecule has 2 heteroatoms. The van der Waals surface area contributed by atoms with Crippen molar-refractivity contribution in [3.8, 4) is 0 Å². The molecule has 0 spiro atoms. The van der Waals surface area contributed by atoms with E-state index in [0.29, 0.717) is 0 Å². The van der Waals surface area contributed by atoms with Crippen LogP contribution in [0.4, 0.5) is 0 Å². The summed E-state index contributed by atoms with van der Waals surface area (Å²) in [6, 6.07) is 11.3. The Bertz CT molecular complexity index is 502. The van der Waals surface area contributed by atoms with Gasteiger partial charge in [0.25, 0.3) is 0 Å². The minimum atomic E-state index is 0.0158. The second-order valence-electron chi connectivity index (χ2n) is 7.29. The summed E-state index contributed by atoms with van der Waals surface area (Å²) in [4.78, 5) is 0. The summed E-state index contributed by atoms with van der Waals surface area (Å²) in [6.45, 7) is 9.98. The number of hydrogen-bond acceptors (Lipinski definition) is 0. The molecule has 2 aliphatic rings. The quantitative estimate of drug-likeness (QED) is 0.518. The zero-order chi connectivity index (χ0) is 15.7. The summed E-state index contributed by atoms with van der Waals surface area (Å²) in [5, 5.41) is 1.75. The van der Waals surface area contributed by atoms with Crippen LogP contribution in [0.5, 0.6) is 0 Å². The van der Waals surface area contributed by atoms with Gasteiger partial charge in [0.1, 0.15) is 0 Å². The molecule has 0 saturated carbocycles. The first-order chi connectivity index (χ1) is 10.6. The average molecular weight is 332 g/mol. The maximum atomic E-state index is 2.79. The van der Waals surface area contributed by atoms with Gasteiger partial charge in [-0.2, -0.15) is 0 Å². The molecule has 0 aliphatic carbocycles. The highest BCUT2D eigenvalue weighted by Crippen LogP contribution is 2.68. The van der Waals surface area contributed by atoms with Crippen molar-refractivity contribution in [2.45, 2.75) is 76.0 Å². The molecule has 120 valence electrons. The second-order valence-corrected chi connectivity index (χ2v) is 13.3. The molecule has 0 N–H and O–H groups in total. The predicted octanol–water partition coefficient (Wildman–Crippen LogP) is 7.09. The second kappa shape index (κ2) is 7.15. The largest absolute Gasteiger partial charge is 0.0767 e. The number of rotatable bonds is 3. The standard InChI is InChI=1S/C20H30P2/c1-15-10-11-16(2)21(15)14-20(19-8-6-5-7-9-19)22-17(3)12-13-18(22)4/h5-9,14-18H,10-13H2,1-4H3. The zero-order valence-corrected chi connectivity index (χ0v) is 16.3. The molecule has 0 nitrogen and oxygen atoms in total. The average Bonchev–Trinajstić information content (AvgIpc) is 3.01. The minimum Gasteiger partial charge on any atom is -0.0767 e. The van der Waals surface area contributed by atoms with Crippen molar-refractivity contribution in [3.63, 3.8) is 0 Å². The van der Waals surface area contributed by atoms with E-state index in [0.717, 1.165) is 22.6 Å². The van der Waals surface area contributed by atoms with Crippen LogP contribution < -0.4 is 0 Å². The third-order valence-electron chi connectivity index (χ3n) is 5.59. The molecule has 1 aromatic carbocycles. The van der Waals surface area contributed by atoms with E-state index in [9.17, 15) is 0 Å². The SMILES string of the molecule is CC1CCC(C)P1C=C(c1ccccc1)P1C(C)CCC1C. The maximum absolute atomic E-state index is 2.79. The topological polar surface area (TPSA) is 0 Å². The van der Waals surface area contributed by atoms with Crippen LogP contribution in [0.15, 0.2) is 36.1 Å². The molecule has 22 heavy (non-hydrogen) atoms. The highest BCUT2D eigenvalue weighted by molar-refractivity contribution is 7.72. The highest BCUT2D eigenvalue weighted by atomic mass is 31.1. The van der Waals surface area contributed by atoms with Crippen LogP contribution in [0.1, 0.15) is 58.9 Å². The van der Waals surface area contributed by atoms with Crippen molar-refractivity contribution in [1.82, 2.24) is 0 Å². The Morgan fingerprint density at radius 2 is 1.32 bits per heavy atom. The van der Waals surface area contributed by atoms with Gasteiger partial charge in [0.2, 0.25) is 0 Å². The summed E-state index contributed by atoms with van der Waals surface area (Å²) in [7, 11) is 0.0852. The van der Waals surface area contributed by atoms with Crippen LogP contribution in [0.3, 0.4) is 0 Å². The first-order valence-corrected chi connectivity index (χ1v) is 11.9. The van der Waals surface area contributed by atoms with E-state index in [1.165, 1.54) is 31.2 Å². The first kappa shape index (κ1) is 16.7. The fourth-order valence-corrected chi connectivity index (χ4v) is 10.9. The molecule has 0 radical (unpaired) electrons. The van der Waals surface area contributed by atoms with E-state index < -0.39 is 0 Å². The van der Waals surface area contributed by atoms with E-state index in [1.54, 1.807) is 5.31 Å². The molecule has 0 bridgehead atoms.